The molecule has 0 spiro atoms. The van der Waals surface area contributed by atoms with Crippen LogP contribution in [0.4, 0.5) is 0 Å². The molecule has 216 valence electrons. The first kappa shape index (κ1) is 27.6. The van der Waals surface area contributed by atoms with Crippen LogP contribution in [0.25, 0.3) is 20.4 Å². The Balaban J connectivity index is 1.07. The molecule has 0 aliphatic heterocycles. The first-order valence-electron chi connectivity index (χ1n) is 14.4. The zero-order valence-electron chi connectivity index (χ0n) is 23.5. The van der Waals surface area contributed by atoms with Crippen molar-refractivity contribution in [2.24, 2.45) is 0 Å². The third-order valence-electron chi connectivity index (χ3n) is 8.25. The molecule has 4 aromatic carbocycles. The van der Waals surface area contributed by atoms with Gasteiger partial charge in [-0.05, 0) is 85.3 Å². The van der Waals surface area contributed by atoms with E-state index in [0.29, 0.717) is 19.7 Å². The maximum Gasteiger partial charge on any atom is 0.293 e. The predicted molar refractivity (Wildman–Crippen MR) is 171 cm³/mol. The molecular weight excluding hydrogens is 577 g/mol. The normalized spacial score (nSPS) is 15.0. The Hall–Kier alpha value is -4.27. The minimum absolute atomic E-state index is 0.0431. The number of ether oxygens (including phenoxy) is 3. The van der Waals surface area contributed by atoms with Crippen molar-refractivity contribution in [3.63, 3.8) is 0 Å². The van der Waals surface area contributed by atoms with Gasteiger partial charge >= 0.3 is 0 Å². The van der Waals surface area contributed by atoms with Crippen molar-refractivity contribution >= 4 is 49.6 Å². The van der Waals surface area contributed by atoms with E-state index in [-0.39, 0.29) is 11.5 Å². The first-order valence-corrected chi connectivity index (χ1v) is 16.1. The lowest BCUT2D eigenvalue weighted by molar-refractivity contribution is -0.135. The smallest absolute Gasteiger partial charge is 0.293 e. The van der Waals surface area contributed by atoms with Crippen LogP contribution in [0.1, 0.15) is 46.8 Å². The highest BCUT2D eigenvalue weighted by Gasteiger charge is 2.39. The van der Waals surface area contributed by atoms with Crippen LogP contribution in [0.5, 0.6) is 11.5 Å². The van der Waals surface area contributed by atoms with Gasteiger partial charge in [0.15, 0.2) is 0 Å². The Morgan fingerprint density at radius 2 is 1.14 bits per heavy atom. The molecule has 1 aliphatic carbocycles. The Bertz CT molecular complexity index is 1650. The molecule has 1 aliphatic rings. The number of hydrogen-bond acceptors (Lipinski definition) is 8. The summed E-state index contributed by atoms with van der Waals surface area (Å²) in [6.45, 7) is 1.45. The number of rotatable bonds is 10. The van der Waals surface area contributed by atoms with Crippen molar-refractivity contribution in [2.45, 2.75) is 50.4 Å². The molecule has 0 amide bonds. The molecule has 7 rings (SSSR count). The Morgan fingerprint density at radius 3 is 1.58 bits per heavy atom. The van der Waals surface area contributed by atoms with Gasteiger partial charge in [-0.25, -0.2) is 9.97 Å². The number of benzene rings is 4. The van der Waals surface area contributed by atoms with Crippen molar-refractivity contribution in [1.82, 2.24) is 9.97 Å². The average molecular weight is 607 g/mol. The first-order chi connectivity index (χ1) is 21.2. The van der Waals surface area contributed by atoms with Gasteiger partial charge in [0, 0.05) is 5.41 Å². The molecule has 0 radical (unpaired) electrons. The topological polar surface area (TPSA) is 70.5 Å². The molecule has 43 heavy (non-hydrogen) atoms. The Labute approximate surface area is 257 Å². The summed E-state index contributed by atoms with van der Waals surface area (Å²) in [5.74, 6) is 1.63. The van der Waals surface area contributed by atoms with E-state index in [2.05, 4.69) is 46.4 Å². The molecule has 6 nitrogen and oxygen atoms in total. The van der Waals surface area contributed by atoms with Gasteiger partial charge in [-0.15, -0.1) is 22.7 Å². The van der Waals surface area contributed by atoms with E-state index < -0.39 is 0 Å². The summed E-state index contributed by atoms with van der Waals surface area (Å²) in [6, 6.07) is 33.2. The van der Waals surface area contributed by atoms with Crippen molar-refractivity contribution < 1.29 is 19.0 Å². The van der Waals surface area contributed by atoms with Gasteiger partial charge in [0.1, 0.15) is 40.8 Å². The number of carbonyl (C=O) groups is 1. The average Bonchev–Trinajstić information content (AvgIpc) is 3.68. The van der Waals surface area contributed by atoms with E-state index in [4.69, 9.17) is 14.2 Å². The van der Waals surface area contributed by atoms with Gasteiger partial charge in [-0.1, -0.05) is 48.5 Å². The number of hydrogen-bond donors (Lipinski definition) is 0. The van der Waals surface area contributed by atoms with E-state index in [1.807, 2.05) is 60.7 Å². The zero-order valence-corrected chi connectivity index (χ0v) is 25.1. The summed E-state index contributed by atoms with van der Waals surface area (Å²) in [5, 5.41) is 1.92. The molecule has 6 aromatic rings. The van der Waals surface area contributed by atoms with Gasteiger partial charge < -0.3 is 14.2 Å². The molecule has 0 unspecified atom stereocenters. The van der Waals surface area contributed by atoms with Crippen LogP contribution in [-0.4, -0.2) is 22.5 Å². The second-order valence-corrected chi connectivity index (χ2v) is 13.0. The van der Waals surface area contributed by atoms with E-state index in [0.717, 1.165) is 58.2 Å². The standard InChI is InChI=1S/C35H30N2O4S2/c38-23-41-28-17-19-35(20-18-28,24-9-13-26(14-10-24)39-21-33-36-29-5-1-3-7-31(29)42-33)25-11-15-27(16-12-25)40-22-34-37-30-6-2-4-8-32(30)43-34/h1-16,23,28H,17-22H2. The quantitative estimate of drug-likeness (QED) is 0.146. The molecule has 2 heterocycles. The Kier molecular flexibility index (Phi) is 7.79. The molecule has 0 atom stereocenters. The SMILES string of the molecule is O=COC1CCC(c2ccc(OCc3nc4ccccc4s3)cc2)(c2ccc(OCc3nc4ccccc4s3)cc2)CC1. The monoisotopic (exact) mass is 606 g/mol. The molecule has 2 aromatic heterocycles. The van der Waals surface area contributed by atoms with Gasteiger partial charge in [-0.2, -0.15) is 0 Å². The minimum Gasteiger partial charge on any atom is -0.486 e. The lowest BCUT2D eigenvalue weighted by Crippen LogP contribution is -2.35. The predicted octanol–water partition coefficient (Wildman–Crippen LogP) is 8.47. The van der Waals surface area contributed by atoms with Crippen LogP contribution in [0.3, 0.4) is 0 Å². The zero-order chi connectivity index (χ0) is 29.1. The highest BCUT2D eigenvalue weighted by molar-refractivity contribution is 7.18. The number of thiazole rings is 2. The van der Waals surface area contributed by atoms with Gasteiger partial charge in [-0.3, -0.25) is 4.79 Å². The fourth-order valence-corrected chi connectivity index (χ4v) is 7.80. The number of nitrogens with zero attached hydrogens (tertiary/aromatic N) is 2. The summed E-state index contributed by atoms with van der Waals surface area (Å²) < 4.78 is 19.9. The summed E-state index contributed by atoms with van der Waals surface area (Å²) >= 11 is 3.32. The number of carbonyl (C=O) groups excluding carboxylic acids is 1. The maximum absolute atomic E-state index is 11.0. The summed E-state index contributed by atoms with van der Waals surface area (Å²) in [6.07, 6.45) is 3.33. The minimum atomic E-state index is -0.195. The highest BCUT2D eigenvalue weighted by atomic mass is 32.1. The maximum atomic E-state index is 11.0. The van der Waals surface area contributed by atoms with Gasteiger partial charge in [0.2, 0.25) is 0 Å². The molecule has 1 fully saturated rings. The highest BCUT2D eigenvalue weighted by Crippen LogP contribution is 2.46. The summed E-state index contributed by atoms with van der Waals surface area (Å²) in [5.41, 5.74) is 4.27. The lowest BCUT2D eigenvalue weighted by atomic mass is 9.64. The number of fused-ring (bicyclic) bond motifs is 2. The van der Waals surface area contributed by atoms with Gasteiger partial charge in [0.05, 0.1) is 20.4 Å². The fraction of sp³-hybridized carbons (Fsp3) is 0.229. The third-order valence-corrected chi connectivity index (χ3v) is 10.3. The third kappa shape index (κ3) is 5.85. The van der Waals surface area contributed by atoms with Crippen LogP contribution in [0.15, 0.2) is 97.1 Å². The van der Waals surface area contributed by atoms with Crippen LogP contribution in [0, 0.1) is 0 Å². The molecule has 0 N–H and O–H groups in total. The van der Waals surface area contributed by atoms with Crippen molar-refractivity contribution in [3.05, 3.63) is 118 Å². The van der Waals surface area contributed by atoms with Gasteiger partial charge in [0.25, 0.3) is 6.47 Å². The van der Waals surface area contributed by atoms with Crippen LogP contribution >= 0.6 is 22.7 Å². The molecule has 1 saturated carbocycles. The summed E-state index contributed by atoms with van der Waals surface area (Å²) in [7, 11) is 0. The van der Waals surface area contributed by atoms with Crippen LogP contribution in [0.2, 0.25) is 0 Å². The van der Waals surface area contributed by atoms with E-state index >= 15 is 0 Å². The molecule has 0 saturated heterocycles. The summed E-state index contributed by atoms with van der Waals surface area (Å²) in [4.78, 5) is 20.4. The van der Waals surface area contributed by atoms with Crippen LogP contribution < -0.4 is 9.47 Å². The van der Waals surface area contributed by atoms with Crippen molar-refractivity contribution in [1.29, 1.82) is 0 Å². The largest absolute Gasteiger partial charge is 0.486 e. The van der Waals surface area contributed by atoms with Crippen molar-refractivity contribution in [2.75, 3.05) is 0 Å². The van der Waals surface area contributed by atoms with E-state index in [1.165, 1.54) is 20.5 Å². The fourth-order valence-electron chi connectivity index (χ4n) is 6.04. The molecule has 0 bridgehead atoms. The molecule has 8 heteroatoms. The number of aromatic nitrogens is 2. The van der Waals surface area contributed by atoms with Crippen LogP contribution in [-0.2, 0) is 28.2 Å². The molecular formula is C35H30N2O4S2. The second kappa shape index (κ2) is 12.1. The van der Waals surface area contributed by atoms with Crippen molar-refractivity contribution in [3.8, 4) is 11.5 Å². The lowest BCUT2D eigenvalue weighted by Gasteiger charge is -2.41. The Morgan fingerprint density at radius 1 is 0.674 bits per heavy atom. The van der Waals surface area contributed by atoms with E-state index in [9.17, 15) is 4.79 Å². The number of para-hydroxylation sites is 2. The second-order valence-electron chi connectivity index (χ2n) is 10.8. The van der Waals surface area contributed by atoms with E-state index in [1.54, 1.807) is 22.7 Å².